The van der Waals surface area contributed by atoms with Gasteiger partial charge in [-0.2, -0.15) is 0 Å². The van der Waals surface area contributed by atoms with E-state index in [-0.39, 0.29) is 18.3 Å². The molecule has 1 amide bonds. The summed E-state index contributed by atoms with van der Waals surface area (Å²) in [5.74, 6) is 0.568. The molecule has 1 aromatic heterocycles. The van der Waals surface area contributed by atoms with Crippen LogP contribution in [0.25, 0.3) is 0 Å². The van der Waals surface area contributed by atoms with Gasteiger partial charge in [-0.3, -0.25) is 4.79 Å². The largest absolute Gasteiger partial charge is 0.478 e. The fourth-order valence-corrected chi connectivity index (χ4v) is 2.27. The van der Waals surface area contributed by atoms with E-state index in [0.29, 0.717) is 30.7 Å². The molecule has 7 heteroatoms. The van der Waals surface area contributed by atoms with Gasteiger partial charge in [-0.15, -0.1) is 12.4 Å². The minimum Gasteiger partial charge on any atom is -0.478 e. The number of amides is 1. The Bertz CT molecular complexity index is 456. The van der Waals surface area contributed by atoms with E-state index >= 15 is 0 Å². The number of aromatic nitrogens is 1. The second kappa shape index (κ2) is 9.61. The van der Waals surface area contributed by atoms with Gasteiger partial charge in [0.1, 0.15) is 0 Å². The summed E-state index contributed by atoms with van der Waals surface area (Å²) in [7, 11) is 1.66. The van der Waals surface area contributed by atoms with Crippen LogP contribution < -0.4 is 10.1 Å². The van der Waals surface area contributed by atoms with Crippen LogP contribution in [0.1, 0.15) is 23.7 Å². The molecule has 0 unspecified atom stereocenters. The van der Waals surface area contributed by atoms with E-state index in [4.69, 9.17) is 9.47 Å². The van der Waals surface area contributed by atoms with Crippen molar-refractivity contribution in [1.29, 1.82) is 0 Å². The van der Waals surface area contributed by atoms with Crippen molar-refractivity contribution in [1.82, 2.24) is 15.2 Å². The van der Waals surface area contributed by atoms with Crippen molar-refractivity contribution in [2.75, 3.05) is 40.0 Å². The van der Waals surface area contributed by atoms with Crippen molar-refractivity contribution in [3.05, 3.63) is 23.9 Å². The molecule has 2 heterocycles. The molecule has 1 N–H and O–H groups in total. The molecule has 0 radical (unpaired) electrons. The van der Waals surface area contributed by atoms with Crippen LogP contribution in [-0.2, 0) is 4.74 Å². The molecule has 2 rings (SSSR count). The lowest BCUT2D eigenvalue weighted by molar-refractivity contribution is 0.0708. The molecule has 0 aromatic carbocycles. The molecule has 1 aliphatic heterocycles. The normalized spacial score (nSPS) is 17.7. The van der Waals surface area contributed by atoms with Crippen molar-refractivity contribution in [3.63, 3.8) is 0 Å². The molecule has 1 saturated heterocycles. The van der Waals surface area contributed by atoms with E-state index in [0.717, 1.165) is 26.1 Å². The first-order valence-corrected chi connectivity index (χ1v) is 7.31. The number of rotatable bonds is 6. The molecule has 1 fully saturated rings. The van der Waals surface area contributed by atoms with Crippen LogP contribution in [-0.4, -0.2) is 61.8 Å². The number of carbonyl (C=O) groups is 1. The smallest absolute Gasteiger partial charge is 0.255 e. The third kappa shape index (κ3) is 5.44. The third-order valence-corrected chi connectivity index (χ3v) is 3.38. The molecular weight excluding hydrogens is 306 g/mol. The average molecular weight is 330 g/mol. The monoisotopic (exact) mass is 329 g/mol. The van der Waals surface area contributed by atoms with Crippen LogP contribution in [0, 0.1) is 0 Å². The molecule has 1 aliphatic rings. The Hall–Kier alpha value is -1.37. The first kappa shape index (κ1) is 18.7. The summed E-state index contributed by atoms with van der Waals surface area (Å²) in [5.41, 5.74) is 0.605. The highest BCUT2D eigenvalue weighted by molar-refractivity contribution is 5.94. The Balaban J connectivity index is 0.00000242. The van der Waals surface area contributed by atoms with E-state index in [9.17, 15) is 4.79 Å². The van der Waals surface area contributed by atoms with Gasteiger partial charge in [0.15, 0.2) is 0 Å². The number of pyridine rings is 1. The molecule has 0 spiro atoms. The fraction of sp³-hybridized carbons (Fsp3) is 0.600. The number of ether oxygens (including phenoxy) is 2. The minimum absolute atomic E-state index is 0. The number of nitrogens with one attached hydrogen (secondary N) is 1. The lowest BCUT2D eigenvalue weighted by Crippen LogP contribution is -2.51. The lowest BCUT2D eigenvalue weighted by atomic mass is 10.2. The van der Waals surface area contributed by atoms with Gasteiger partial charge in [0.25, 0.3) is 5.91 Å². The van der Waals surface area contributed by atoms with Crippen LogP contribution in [0.15, 0.2) is 18.3 Å². The van der Waals surface area contributed by atoms with Gasteiger partial charge in [-0.05, 0) is 13.0 Å². The maximum Gasteiger partial charge on any atom is 0.255 e. The summed E-state index contributed by atoms with van der Waals surface area (Å²) in [6, 6.07) is 3.85. The Morgan fingerprint density at radius 1 is 1.45 bits per heavy atom. The van der Waals surface area contributed by atoms with E-state index in [1.54, 1.807) is 25.4 Å². The van der Waals surface area contributed by atoms with Crippen molar-refractivity contribution in [2.45, 2.75) is 19.4 Å². The number of piperazine rings is 1. The van der Waals surface area contributed by atoms with Gasteiger partial charge in [0, 0.05) is 58.1 Å². The first-order chi connectivity index (χ1) is 10.2. The zero-order valence-corrected chi connectivity index (χ0v) is 13.9. The lowest BCUT2D eigenvalue weighted by Gasteiger charge is -2.31. The standard InChI is InChI=1S/C15H23N3O3.ClH/c1-12-11-18(7-6-16-12)15(19)13-4-5-14(17-10-13)21-9-3-8-20-2;/h4-5,10,12,16H,3,6-9,11H2,1-2H3;1H/t12-;/m1./s1. The zero-order valence-electron chi connectivity index (χ0n) is 13.1. The van der Waals surface area contributed by atoms with E-state index in [1.165, 1.54) is 0 Å². The molecule has 0 aliphatic carbocycles. The highest BCUT2D eigenvalue weighted by Crippen LogP contribution is 2.11. The number of hydrogen-bond donors (Lipinski definition) is 1. The van der Waals surface area contributed by atoms with Crippen molar-refractivity contribution < 1.29 is 14.3 Å². The molecule has 1 atom stereocenters. The maximum absolute atomic E-state index is 12.4. The number of carbonyl (C=O) groups excluding carboxylic acids is 1. The second-order valence-electron chi connectivity index (χ2n) is 5.19. The van der Waals surface area contributed by atoms with Crippen LogP contribution in [0.4, 0.5) is 0 Å². The van der Waals surface area contributed by atoms with Crippen molar-refractivity contribution in [3.8, 4) is 5.88 Å². The maximum atomic E-state index is 12.4. The Morgan fingerprint density at radius 3 is 2.91 bits per heavy atom. The van der Waals surface area contributed by atoms with Crippen LogP contribution in [0.3, 0.4) is 0 Å². The van der Waals surface area contributed by atoms with Gasteiger partial charge in [-0.25, -0.2) is 4.98 Å². The summed E-state index contributed by atoms with van der Waals surface area (Å²) in [4.78, 5) is 18.4. The van der Waals surface area contributed by atoms with Gasteiger partial charge < -0.3 is 19.7 Å². The van der Waals surface area contributed by atoms with Crippen molar-refractivity contribution in [2.24, 2.45) is 0 Å². The van der Waals surface area contributed by atoms with Gasteiger partial charge in [0.2, 0.25) is 5.88 Å². The number of halogens is 1. The van der Waals surface area contributed by atoms with E-state index in [1.807, 2.05) is 4.90 Å². The Labute approximate surface area is 137 Å². The summed E-state index contributed by atoms with van der Waals surface area (Å²) < 4.78 is 10.4. The number of hydrogen-bond acceptors (Lipinski definition) is 5. The van der Waals surface area contributed by atoms with Crippen molar-refractivity contribution >= 4 is 18.3 Å². The molecule has 6 nitrogen and oxygen atoms in total. The Morgan fingerprint density at radius 2 is 2.27 bits per heavy atom. The van der Waals surface area contributed by atoms with Gasteiger partial charge in [-0.1, -0.05) is 0 Å². The first-order valence-electron chi connectivity index (χ1n) is 7.31. The minimum atomic E-state index is 0. The molecule has 22 heavy (non-hydrogen) atoms. The summed E-state index contributed by atoms with van der Waals surface area (Å²) in [6.07, 6.45) is 2.40. The fourth-order valence-electron chi connectivity index (χ4n) is 2.27. The SMILES string of the molecule is COCCCOc1ccc(C(=O)N2CCN[C@H](C)C2)cn1.Cl. The summed E-state index contributed by atoms with van der Waals surface area (Å²) >= 11 is 0. The van der Waals surface area contributed by atoms with Crippen LogP contribution in [0.5, 0.6) is 5.88 Å². The predicted molar refractivity (Wildman–Crippen MR) is 86.8 cm³/mol. The topological polar surface area (TPSA) is 63.7 Å². The van der Waals surface area contributed by atoms with Crippen LogP contribution in [0.2, 0.25) is 0 Å². The number of nitrogens with zero attached hydrogens (tertiary/aromatic N) is 2. The van der Waals surface area contributed by atoms with E-state index in [2.05, 4.69) is 17.2 Å². The molecule has 124 valence electrons. The Kier molecular flexibility index (Phi) is 8.16. The number of methoxy groups -OCH3 is 1. The molecular formula is C15H24ClN3O3. The quantitative estimate of drug-likeness (QED) is 0.798. The molecule has 0 bridgehead atoms. The predicted octanol–water partition coefficient (Wildman–Crippen LogP) is 1.35. The zero-order chi connectivity index (χ0) is 15.1. The third-order valence-electron chi connectivity index (χ3n) is 3.38. The highest BCUT2D eigenvalue weighted by Gasteiger charge is 2.21. The van der Waals surface area contributed by atoms with E-state index < -0.39 is 0 Å². The summed E-state index contributed by atoms with van der Waals surface area (Å²) in [5, 5.41) is 3.32. The molecule has 1 aromatic rings. The van der Waals surface area contributed by atoms with Gasteiger partial charge >= 0.3 is 0 Å². The molecule has 0 saturated carbocycles. The van der Waals surface area contributed by atoms with Crippen LogP contribution >= 0.6 is 12.4 Å². The highest BCUT2D eigenvalue weighted by atomic mass is 35.5. The second-order valence-corrected chi connectivity index (χ2v) is 5.19. The van der Waals surface area contributed by atoms with Gasteiger partial charge in [0.05, 0.1) is 12.2 Å². The summed E-state index contributed by atoms with van der Waals surface area (Å²) in [6.45, 7) is 5.60. The average Bonchev–Trinajstić information content (AvgIpc) is 2.51.